The standard InChI is InChI=1S/C20H17NO4S/c22-19(23)18-17(26)9-10-21(18)20(24)25-11-16-14-7-3-1-5-12(14)13-6-2-4-8-15(13)16/h1-8,16,18H,9-11H2,(H,22,23)/t18-/m0/s1. The average molecular weight is 367 g/mol. The third kappa shape index (κ3) is 2.66. The molecule has 26 heavy (non-hydrogen) atoms. The first-order chi connectivity index (χ1) is 12.6. The van der Waals surface area contributed by atoms with E-state index >= 15 is 0 Å². The van der Waals surface area contributed by atoms with Gasteiger partial charge in [-0.05, 0) is 28.7 Å². The van der Waals surface area contributed by atoms with Crippen LogP contribution in [0.5, 0.6) is 0 Å². The molecule has 0 aromatic heterocycles. The molecular weight excluding hydrogens is 350 g/mol. The van der Waals surface area contributed by atoms with Crippen LogP contribution in [0, 0.1) is 0 Å². The molecule has 0 saturated carbocycles. The highest BCUT2D eigenvalue weighted by Gasteiger charge is 2.39. The minimum Gasteiger partial charge on any atom is -0.479 e. The van der Waals surface area contributed by atoms with Crippen molar-refractivity contribution >= 4 is 29.1 Å². The fourth-order valence-electron chi connectivity index (χ4n) is 3.81. The molecule has 4 rings (SSSR count). The number of rotatable bonds is 3. The second-order valence-electron chi connectivity index (χ2n) is 6.45. The summed E-state index contributed by atoms with van der Waals surface area (Å²) in [4.78, 5) is 25.4. The van der Waals surface area contributed by atoms with E-state index in [4.69, 9.17) is 17.0 Å². The van der Waals surface area contributed by atoms with E-state index in [1.54, 1.807) is 0 Å². The number of hydrogen-bond donors (Lipinski definition) is 1. The highest BCUT2D eigenvalue weighted by molar-refractivity contribution is 7.80. The van der Waals surface area contributed by atoms with E-state index in [0.29, 0.717) is 11.3 Å². The van der Waals surface area contributed by atoms with Crippen molar-refractivity contribution in [2.45, 2.75) is 18.4 Å². The van der Waals surface area contributed by atoms with E-state index < -0.39 is 18.1 Å². The van der Waals surface area contributed by atoms with E-state index in [1.807, 2.05) is 36.4 Å². The van der Waals surface area contributed by atoms with Crippen LogP contribution in [0.4, 0.5) is 4.79 Å². The number of carbonyl (C=O) groups is 2. The van der Waals surface area contributed by atoms with Crippen LogP contribution in [0.3, 0.4) is 0 Å². The lowest BCUT2D eigenvalue weighted by Gasteiger charge is -2.22. The van der Waals surface area contributed by atoms with Crippen LogP contribution in [0.15, 0.2) is 48.5 Å². The molecule has 0 unspecified atom stereocenters. The molecular formula is C20H17NO4S. The predicted octanol–water partition coefficient (Wildman–Crippen LogP) is 3.46. The Hall–Kier alpha value is -2.73. The average Bonchev–Trinajstić information content (AvgIpc) is 3.18. The molecule has 2 aromatic carbocycles. The lowest BCUT2D eigenvalue weighted by atomic mass is 9.98. The zero-order valence-electron chi connectivity index (χ0n) is 13.9. The maximum atomic E-state index is 12.5. The van der Waals surface area contributed by atoms with Gasteiger partial charge >= 0.3 is 12.1 Å². The number of thiocarbonyl (C=S) groups is 1. The number of likely N-dealkylation sites (tertiary alicyclic amines) is 1. The van der Waals surface area contributed by atoms with Crippen LogP contribution in [0.2, 0.25) is 0 Å². The number of benzene rings is 2. The van der Waals surface area contributed by atoms with Gasteiger partial charge in [0.2, 0.25) is 0 Å². The van der Waals surface area contributed by atoms with Crippen molar-refractivity contribution in [2.75, 3.05) is 13.2 Å². The molecule has 1 atom stereocenters. The minimum absolute atomic E-state index is 0.0517. The maximum absolute atomic E-state index is 12.5. The molecule has 1 aliphatic heterocycles. The first kappa shape index (κ1) is 16.7. The van der Waals surface area contributed by atoms with Crippen LogP contribution in [-0.2, 0) is 9.53 Å². The lowest BCUT2D eigenvalue weighted by molar-refractivity contribution is -0.139. The summed E-state index contributed by atoms with van der Waals surface area (Å²) >= 11 is 5.08. The maximum Gasteiger partial charge on any atom is 0.410 e. The summed E-state index contributed by atoms with van der Waals surface area (Å²) in [5.41, 5.74) is 4.53. The Morgan fingerprint density at radius 2 is 1.65 bits per heavy atom. The number of carboxylic acids is 1. The fraction of sp³-hybridized carbons (Fsp3) is 0.250. The van der Waals surface area contributed by atoms with Gasteiger partial charge in [-0.2, -0.15) is 0 Å². The summed E-state index contributed by atoms with van der Waals surface area (Å²) < 4.78 is 5.52. The molecule has 2 aromatic rings. The quantitative estimate of drug-likeness (QED) is 0.842. The molecule has 1 fully saturated rings. The molecule has 0 radical (unpaired) electrons. The van der Waals surface area contributed by atoms with E-state index in [1.165, 1.54) is 4.90 Å². The van der Waals surface area contributed by atoms with Crippen molar-refractivity contribution < 1.29 is 19.4 Å². The number of amides is 1. The SMILES string of the molecule is O=C(O)[C@@H]1C(=S)CCN1C(=O)OCC1c2ccccc2-c2ccccc21. The molecule has 2 aliphatic rings. The molecule has 1 heterocycles. The summed E-state index contributed by atoms with van der Waals surface area (Å²) in [6.07, 6.45) is -0.213. The molecule has 0 bridgehead atoms. The summed E-state index contributed by atoms with van der Waals surface area (Å²) in [6, 6.07) is 15.1. The van der Waals surface area contributed by atoms with Crippen molar-refractivity contribution in [1.29, 1.82) is 0 Å². The molecule has 5 nitrogen and oxygen atoms in total. The minimum atomic E-state index is -1.11. The van der Waals surface area contributed by atoms with Gasteiger partial charge < -0.3 is 9.84 Å². The monoisotopic (exact) mass is 367 g/mol. The van der Waals surface area contributed by atoms with Crippen LogP contribution >= 0.6 is 12.2 Å². The molecule has 1 N–H and O–H groups in total. The largest absolute Gasteiger partial charge is 0.479 e. The summed E-state index contributed by atoms with van der Waals surface area (Å²) in [5, 5.41) is 9.31. The van der Waals surface area contributed by atoms with Crippen LogP contribution in [-0.4, -0.2) is 46.1 Å². The van der Waals surface area contributed by atoms with Gasteiger partial charge in [-0.15, -0.1) is 0 Å². The van der Waals surface area contributed by atoms with Gasteiger partial charge in [0, 0.05) is 17.3 Å². The first-order valence-electron chi connectivity index (χ1n) is 8.45. The van der Waals surface area contributed by atoms with E-state index in [-0.39, 0.29) is 19.1 Å². The van der Waals surface area contributed by atoms with Gasteiger partial charge in [0.05, 0.1) is 0 Å². The third-order valence-corrected chi connectivity index (χ3v) is 5.45. The van der Waals surface area contributed by atoms with Gasteiger partial charge in [-0.3, -0.25) is 4.90 Å². The van der Waals surface area contributed by atoms with E-state index in [2.05, 4.69) is 12.1 Å². The number of ether oxygens (including phenoxy) is 1. The Morgan fingerprint density at radius 1 is 1.08 bits per heavy atom. The predicted molar refractivity (Wildman–Crippen MR) is 100 cm³/mol. The van der Waals surface area contributed by atoms with Crippen molar-refractivity contribution in [1.82, 2.24) is 4.90 Å². The van der Waals surface area contributed by atoms with Crippen molar-refractivity contribution in [3.05, 3.63) is 59.7 Å². The normalized spacial score (nSPS) is 18.5. The Labute approximate surface area is 156 Å². The number of nitrogens with zero attached hydrogens (tertiary/aromatic N) is 1. The smallest absolute Gasteiger partial charge is 0.410 e. The number of carbonyl (C=O) groups excluding carboxylic acids is 1. The summed E-state index contributed by atoms with van der Waals surface area (Å²) in [5.74, 6) is -1.16. The Bertz CT molecular complexity index is 865. The summed E-state index contributed by atoms with van der Waals surface area (Å²) in [7, 11) is 0. The first-order valence-corrected chi connectivity index (χ1v) is 8.86. The van der Waals surface area contributed by atoms with Crippen molar-refractivity contribution in [3.63, 3.8) is 0 Å². The highest BCUT2D eigenvalue weighted by Crippen LogP contribution is 2.44. The molecule has 1 saturated heterocycles. The van der Waals surface area contributed by atoms with Gasteiger partial charge in [0.15, 0.2) is 6.04 Å². The zero-order valence-corrected chi connectivity index (χ0v) is 14.7. The number of hydrogen-bond acceptors (Lipinski definition) is 4. The molecule has 1 amide bonds. The molecule has 0 spiro atoms. The van der Waals surface area contributed by atoms with Crippen molar-refractivity contribution in [3.8, 4) is 11.1 Å². The highest BCUT2D eigenvalue weighted by atomic mass is 32.1. The molecule has 1 aliphatic carbocycles. The van der Waals surface area contributed by atoms with E-state index in [0.717, 1.165) is 22.3 Å². The Kier molecular flexibility index (Phi) is 4.20. The van der Waals surface area contributed by atoms with Crippen LogP contribution in [0.1, 0.15) is 23.5 Å². The Balaban J connectivity index is 1.54. The second kappa shape index (κ2) is 6.53. The molecule has 132 valence electrons. The van der Waals surface area contributed by atoms with E-state index in [9.17, 15) is 14.7 Å². The third-order valence-electron chi connectivity index (χ3n) is 5.02. The van der Waals surface area contributed by atoms with Gasteiger partial charge in [0.25, 0.3) is 0 Å². The zero-order chi connectivity index (χ0) is 18.3. The second-order valence-corrected chi connectivity index (χ2v) is 6.98. The lowest BCUT2D eigenvalue weighted by Crippen LogP contribution is -2.43. The number of aliphatic carboxylic acids is 1. The number of fused-ring (bicyclic) bond motifs is 3. The van der Waals surface area contributed by atoms with Gasteiger partial charge in [0.1, 0.15) is 6.61 Å². The number of carboxylic acid groups (broad SMARTS) is 1. The molecule has 6 heteroatoms. The van der Waals surface area contributed by atoms with Crippen LogP contribution < -0.4 is 0 Å². The topological polar surface area (TPSA) is 66.8 Å². The van der Waals surface area contributed by atoms with Crippen LogP contribution in [0.25, 0.3) is 11.1 Å². The van der Waals surface area contributed by atoms with Gasteiger partial charge in [-0.25, -0.2) is 9.59 Å². The van der Waals surface area contributed by atoms with Gasteiger partial charge in [-0.1, -0.05) is 60.7 Å². The summed E-state index contributed by atoms with van der Waals surface area (Å²) in [6.45, 7) is 0.453. The van der Waals surface area contributed by atoms with Crippen molar-refractivity contribution in [2.24, 2.45) is 0 Å². The Morgan fingerprint density at radius 3 is 2.23 bits per heavy atom. The fourth-order valence-corrected chi connectivity index (χ4v) is 4.13.